The summed E-state index contributed by atoms with van der Waals surface area (Å²) >= 11 is 0. The molecule has 0 spiro atoms. The molecule has 0 bridgehead atoms. The van der Waals surface area contributed by atoms with E-state index in [2.05, 4.69) is 6.07 Å². The molecule has 1 aromatic rings. The van der Waals surface area contributed by atoms with E-state index in [1.807, 2.05) is 32.9 Å². The van der Waals surface area contributed by atoms with E-state index < -0.39 is 5.41 Å². The second-order valence-electron chi connectivity index (χ2n) is 5.67. The predicted octanol–water partition coefficient (Wildman–Crippen LogP) is 2.82. The van der Waals surface area contributed by atoms with Crippen molar-refractivity contribution in [2.24, 2.45) is 11.1 Å². The Morgan fingerprint density at radius 2 is 1.95 bits per heavy atom. The number of Topliss-reactive ketones (excluding diaryl/α,β-unsaturated/α-hetero) is 1. The van der Waals surface area contributed by atoms with Gasteiger partial charge in [0.25, 0.3) is 0 Å². The van der Waals surface area contributed by atoms with Crippen LogP contribution in [0.2, 0.25) is 0 Å². The highest BCUT2D eigenvalue weighted by Gasteiger charge is 2.28. The molecule has 0 heterocycles. The summed E-state index contributed by atoms with van der Waals surface area (Å²) in [7, 11) is 0. The van der Waals surface area contributed by atoms with Crippen LogP contribution in [0.5, 0.6) is 0 Å². The van der Waals surface area contributed by atoms with Crippen molar-refractivity contribution in [3.8, 4) is 6.07 Å². The molecular weight excluding hydrogens is 236 g/mol. The minimum absolute atomic E-state index is 0.0484. The topological polar surface area (TPSA) is 66.9 Å². The number of nitrogens with two attached hydrogens (primary N) is 1. The monoisotopic (exact) mass is 258 g/mol. The smallest absolute Gasteiger partial charge is 0.140 e. The van der Waals surface area contributed by atoms with Gasteiger partial charge in [-0.3, -0.25) is 4.79 Å². The van der Waals surface area contributed by atoms with E-state index in [1.165, 1.54) is 0 Å². The Hall–Kier alpha value is -1.66. The van der Waals surface area contributed by atoms with Crippen molar-refractivity contribution in [3.63, 3.8) is 0 Å². The van der Waals surface area contributed by atoms with Crippen LogP contribution in [0.25, 0.3) is 0 Å². The summed E-state index contributed by atoms with van der Waals surface area (Å²) in [6, 6.07) is 9.43. The molecule has 0 aliphatic heterocycles. The molecule has 1 unspecified atom stereocenters. The van der Waals surface area contributed by atoms with Crippen molar-refractivity contribution >= 4 is 5.78 Å². The van der Waals surface area contributed by atoms with Crippen LogP contribution in [0.3, 0.4) is 0 Å². The van der Waals surface area contributed by atoms with Gasteiger partial charge in [0, 0.05) is 17.9 Å². The number of carbonyl (C=O) groups excluding carboxylic acids is 1. The first-order valence-corrected chi connectivity index (χ1v) is 6.67. The molecule has 0 saturated heterocycles. The first kappa shape index (κ1) is 15.4. The lowest BCUT2D eigenvalue weighted by atomic mass is 9.79. The summed E-state index contributed by atoms with van der Waals surface area (Å²) in [6.07, 6.45) is 1.92. The van der Waals surface area contributed by atoms with Crippen molar-refractivity contribution in [2.75, 3.05) is 0 Å². The Bertz CT molecular complexity index is 469. The van der Waals surface area contributed by atoms with E-state index in [-0.39, 0.29) is 11.8 Å². The number of ketones is 1. The van der Waals surface area contributed by atoms with Gasteiger partial charge in [-0.2, -0.15) is 5.26 Å². The molecule has 0 aliphatic carbocycles. The lowest BCUT2D eigenvalue weighted by molar-refractivity contribution is -0.127. The van der Waals surface area contributed by atoms with Gasteiger partial charge in [-0.1, -0.05) is 32.9 Å². The third-order valence-corrected chi connectivity index (χ3v) is 3.46. The SMILES string of the molecule is CCC(N)CC(=O)C(C)(C)Cc1ccc(C#N)cc1. The van der Waals surface area contributed by atoms with Gasteiger partial charge in [-0.15, -0.1) is 0 Å². The molecule has 0 amide bonds. The molecular formula is C16H22N2O. The number of nitriles is 1. The summed E-state index contributed by atoms with van der Waals surface area (Å²) in [6.45, 7) is 5.90. The molecule has 1 atom stereocenters. The van der Waals surface area contributed by atoms with E-state index in [4.69, 9.17) is 11.0 Å². The minimum Gasteiger partial charge on any atom is -0.327 e. The van der Waals surface area contributed by atoms with Gasteiger partial charge in [0.2, 0.25) is 0 Å². The van der Waals surface area contributed by atoms with Gasteiger partial charge >= 0.3 is 0 Å². The first-order chi connectivity index (χ1) is 8.89. The predicted molar refractivity (Wildman–Crippen MR) is 76.5 cm³/mol. The fraction of sp³-hybridized carbons (Fsp3) is 0.500. The second-order valence-corrected chi connectivity index (χ2v) is 5.67. The van der Waals surface area contributed by atoms with Gasteiger partial charge < -0.3 is 5.73 Å². The van der Waals surface area contributed by atoms with Crippen LogP contribution >= 0.6 is 0 Å². The molecule has 19 heavy (non-hydrogen) atoms. The maximum Gasteiger partial charge on any atom is 0.140 e. The highest BCUT2D eigenvalue weighted by molar-refractivity contribution is 5.84. The normalized spacial score (nSPS) is 12.8. The van der Waals surface area contributed by atoms with E-state index in [9.17, 15) is 4.79 Å². The highest BCUT2D eigenvalue weighted by atomic mass is 16.1. The minimum atomic E-state index is -0.416. The molecule has 3 heteroatoms. The molecule has 0 radical (unpaired) electrons. The summed E-state index contributed by atoms with van der Waals surface area (Å²) < 4.78 is 0. The molecule has 1 aromatic carbocycles. The zero-order valence-corrected chi connectivity index (χ0v) is 11.9. The summed E-state index contributed by atoms with van der Waals surface area (Å²) in [5, 5.41) is 8.76. The van der Waals surface area contributed by atoms with Crippen LogP contribution in [-0.2, 0) is 11.2 Å². The van der Waals surface area contributed by atoms with Crippen molar-refractivity contribution in [1.29, 1.82) is 5.26 Å². The zero-order chi connectivity index (χ0) is 14.5. The van der Waals surface area contributed by atoms with Crippen LogP contribution in [0, 0.1) is 16.7 Å². The van der Waals surface area contributed by atoms with Gasteiger partial charge in [-0.25, -0.2) is 0 Å². The number of benzene rings is 1. The lowest BCUT2D eigenvalue weighted by Crippen LogP contribution is -2.33. The average Bonchev–Trinajstić information content (AvgIpc) is 2.39. The summed E-state index contributed by atoms with van der Waals surface area (Å²) in [4.78, 5) is 12.2. The third-order valence-electron chi connectivity index (χ3n) is 3.46. The molecule has 3 nitrogen and oxygen atoms in total. The second kappa shape index (κ2) is 6.49. The quantitative estimate of drug-likeness (QED) is 0.853. The van der Waals surface area contributed by atoms with Crippen LogP contribution < -0.4 is 5.73 Å². The molecule has 0 aromatic heterocycles. The number of nitrogens with zero attached hydrogens (tertiary/aromatic N) is 1. The Kier molecular flexibility index (Phi) is 5.26. The fourth-order valence-electron chi connectivity index (χ4n) is 1.96. The third kappa shape index (κ3) is 4.50. The van der Waals surface area contributed by atoms with Crippen LogP contribution in [0.15, 0.2) is 24.3 Å². The van der Waals surface area contributed by atoms with Crippen LogP contribution in [0.4, 0.5) is 0 Å². The summed E-state index contributed by atoms with van der Waals surface area (Å²) in [5.41, 5.74) is 7.14. The summed E-state index contributed by atoms with van der Waals surface area (Å²) in [5.74, 6) is 0.200. The average molecular weight is 258 g/mol. The Morgan fingerprint density at radius 1 is 1.37 bits per heavy atom. The van der Waals surface area contributed by atoms with Crippen molar-refractivity contribution < 1.29 is 4.79 Å². The van der Waals surface area contributed by atoms with Crippen molar-refractivity contribution in [3.05, 3.63) is 35.4 Å². The van der Waals surface area contributed by atoms with Gasteiger partial charge in [-0.05, 0) is 30.5 Å². The largest absolute Gasteiger partial charge is 0.327 e. The molecule has 2 N–H and O–H groups in total. The van der Waals surface area contributed by atoms with Crippen LogP contribution in [-0.4, -0.2) is 11.8 Å². The fourth-order valence-corrected chi connectivity index (χ4v) is 1.96. The van der Waals surface area contributed by atoms with E-state index in [1.54, 1.807) is 12.1 Å². The number of hydrogen-bond acceptors (Lipinski definition) is 3. The zero-order valence-electron chi connectivity index (χ0n) is 11.9. The maximum absolute atomic E-state index is 12.2. The highest BCUT2D eigenvalue weighted by Crippen LogP contribution is 2.25. The molecule has 102 valence electrons. The van der Waals surface area contributed by atoms with E-state index in [0.29, 0.717) is 18.4 Å². The molecule has 0 saturated carbocycles. The molecule has 0 fully saturated rings. The van der Waals surface area contributed by atoms with Crippen LogP contribution in [0.1, 0.15) is 44.7 Å². The van der Waals surface area contributed by atoms with E-state index >= 15 is 0 Å². The Labute approximate surface area is 115 Å². The van der Waals surface area contributed by atoms with Gasteiger partial charge in [0.15, 0.2) is 0 Å². The Balaban J connectivity index is 2.72. The van der Waals surface area contributed by atoms with Gasteiger partial charge in [0.05, 0.1) is 11.6 Å². The van der Waals surface area contributed by atoms with Crippen molar-refractivity contribution in [2.45, 2.75) is 46.1 Å². The first-order valence-electron chi connectivity index (χ1n) is 6.67. The van der Waals surface area contributed by atoms with Crippen molar-refractivity contribution in [1.82, 2.24) is 0 Å². The van der Waals surface area contributed by atoms with E-state index in [0.717, 1.165) is 12.0 Å². The number of carbonyl (C=O) groups is 1. The molecule has 1 rings (SSSR count). The lowest BCUT2D eigenvalue weighted by Gasteiger charge is -2.24. The number of rotatable bonds is 6. The standard InChI is InChI=1S/C16H22N2O/c1-4-14(18)9-15(19)16(2,3)10-12-5-7-13(11-17)8-6-12/h5-8,14H,4,9-10,18H2,1-3H3. The maximum atomic E-state index is 12.2. The Morgan fingerprint density at radius 3 is 2.42 bits per heavy atom. The molecule has 0 aliphatic rings. The number of hydrogen-bond donors (Lipinski definition) is 1. The van der Waals surface area contributed by atoms with Gasteiger partial charge in [0.1, 0.15) is 5.78 Å².